The van der Waals surface area contributed by atoms with Crippen LogP contribution in [-0.4, -0.2) is 36.7 Å². The summed E-state index contributed by atoms with van der Waals surface area (Å²) in [7, 11) is 0. The molecule has 0 aliphatic heterocycles. The van der Waals surface area contributed by atoms with Crippen molar-refractivity contribution < 1.29 is 14.2 Å². The fourth-order valence-corrected chi connectivity index (χ4v) is 4.14. The number of nitro groups is 2. The molecule has 1 unspecified atom stereocenters. The third-order valence-electron chi connectivity index (χ3n) is 6.26. The molecule has 4 aromatic rings. The number of aromatic nitrogens is 3. The molecule has 0 aliphatic rings. The first kappa shape index (κ1) is 28.6. The normalized spacial score (nSPS) is 12.6. The van der Waals surface area contributed by atoms with Crippen molar-refractivity contribution in [2.45, 2.75) is 33.7 Å². The Balaban J connectivity index is 1.79. The van der Waals surface area contributed by atoms with Gasteiger partial charge in [0.05, 0.1) is 44.5 Å². The SMILES string of the molecule is CC(Nc1c(-c2ccc(F)cc2Cl)c(Cl)nc2c(C=NNc3ccc([N+](=O)[O-])cc3[N+](=O)[O-])cnn12)C(C)(C)C. The molecule has 0 saturated heterocycles. The predicted molar refractivity (Wildman–Crippen MR) is 152 cm³/mol. The first-order valence-electron chi connectivity index (χ1n) is 11.8. The van der Waals surface area contributed by atoms with Gasteiger partial charge in [0, 0.05) is 17.7 Å². The third-order valence-corrected chi connectivity index (χ3v) is 6.85. The maximum atomic E-state index is 13.8. The van der Waals surface area contributed by atoms with Crippen LogP contribution in [-0.2, 0) is 0 Å². The van der Waals surface area contributed by atoms with E-state index in [2.05, 4.69) is 46.7 Å². The van der Waals surface area contributed by atoms with E-state index in [0.717, 1.165) is 12.1 Å². The van der Waals surface area contributed by atoms with Crippen molar-refractivity contribution >= 4 is 57.9 Å². The highest BCUT2D eigenvalue weighted by atomic mass is 35.5. The van der Waals surface area contributed by atoms with E-state index in [1.165, 1.54) is 41.2 Å². The molecule has 2 aromatic carbocycles. The van der Waals surface area contributed by atoms with Gasteiger partial charge in [-0.25, -0.2) is 9.37 Å². The van der Waals surface area contributed by atoms with Gasteiger partial charge in [-0.05, 0) is 36.6 Å². The standard InChI is InChI=1S/C25H23Cl2FN8O4/c1-13(25(2,3)4)31-24-21(17-7-5-15(28)9-18(17)26)22(27)32-23-14(12-30-34(23)24)11-29-33-19-8-6-16(35(37)38)10-20(19)36(39)40/h5-13,31,33H,1-4H3. The van der Waals surface area contributed by atoms with Crippen LogP contribution in [0.15, 0.2) is 47.7 Å². The largest absolute Gasteiger partial charge is 0.366 e. The smallest absolute Gasteiger partial charge is 0.301 e. The van der Waals surface area contributed by atoms with Crippen LogP contribution in [0.3, 0.4) is 0 Å². The number of hydrogen-bond acceptors (Lipinski definition) is 9. The summed E-state index contributed by atoms with van der Waals surface area (Å²) in [6.07, 6.45) is 2.80. The van der Waals surface area contributed by atoms with Crippen LogP contribution in [0.5, 0.6) is 0 Å². The van der Waals surface area contributed by atoms with Gasteiger partial charge in [0.15, 0.2) is 5.65 Å². The maximum Gasteiger partial charge on any atom is 0.301 e. The number of hydrazone groups is 1. The monoisotopic (exact) mass is 588 g/mol. The lowest BCUT2D eigenvalue weighted by molar-refractivity contribution is -0.393. The first-order chi connectivity index (χ1) is 18.8. The van der Waals surface area contributed by atoms with Crippen LogP contribution in [0.25, 0.3) is 16.8 Å². The Morgan fingerprint density at radius 1 is 1.12 bits per heavy atom. The van der Waals surface area contributed by atoms with Gasteiger partial charge in [0.1, 0.15) is 22.5 Å². The fraction of sp³-hybridized carbons (Fsp3) is 0.240. The average molecular weight is 589 g/mol. The summed E-state index contributed by atoms with van der Waals surface area (Å²) in [5, 5.41) is 34.5. The highest BCUT2D eigenvalue weighted by Crippen LogP contribution is 2.40. The summed E-state index contributed by atoms with van der Waals surface area (Å²) >= 11 is 13.1. The summed E-state index contributed by atoms with van der Waals surface area (Å²) in [5.41, 5.74) is 2.94. The summed E-state index contributed by atoms with van der Waals surface area (Å²) in [6, 6.07) is 7.02. The topological polar surface area (TPSA) is 153 Å². The Kier molecular flexibility index (Phi) is 7.89. The number of non-ortho nitro benzene ring substituents is 1. The fourth-order valence-electron chi connectivity index (χ4n) is 3.61. The summed E-state index contributed by atoms with van der Waals surface area (Å²) in [6.45, 7) is 8.15. The van der Waals surface area contributed by atoms with Crippen molar-refractivity contribution in [3.05, 3.63) is 84.4 Å². The minimum Gasteiger partial charge on any atom is -0.366 e. The molecule has 12 nitrogen and oxygen atoms in total. The van der Waals surface area contributed by atoms with Crippen LogP contribution in [0, 0.1) is 31.5 Å². The van der Waals surface area contributed by atoms with Crippen LogP contribution in [0.2, 0.25) is 10.2 Å². The number of halogens is 3. The van der Waals surface area contributed by atoms with Crippen LogP contribution in [0.1, 0.15) is 33.3 Å². The van der Waals surface area contributed by atoms with E-state index in [-0.39, 0.29) is 27.3 Å². The Labute approximate surface area is 237 Å². The summed E-state index contributed by atoms with van der Waals surface area (Å²) < 4.78 is 15.3. The second kappa shape index (κ2) is 11.0. The molecular formula is C25H23Cl2FN8O4. The number of nitro benzene ring substituents is 2. The molecule has 0 amide bonds. The van der Waals surface area contributed by atoms with Gasteiger partial charge in [0.2, 0.25) is 0 Å². The Hall–Kier alpha value is -4.36. The van der Waals surface area contributed by atoms with Gasteiger partial charge in [0.25, 0.3) is 5.69 Å². The molecule has 0 radical (unpaired) electrons. The van der Waals surface area contributed by atoms with Crippen molar-refractivity contribution in [3.63, 3.8) is 0 Å². The molecule has 2 heterocycles. The van der Waals surface area contributed by atoms with E-state index in [4.69, 9.17) is 23.2 Å². The second-order valence-corrected chi connectivity index (χ2v) is 10.7. The van der Waals surface area contributed by atoms with Gasteiger partial charge < -0.3 is 5.32 Å². The molecule has 0 spiro atoms. The highest BCUT2D eigenvalue weighted by molar-refractivity contribution is 6.36. The predicted octanol–water partition coefficient (Wildman–Crippen LogP) is 6.95. The number of rotatable bonds is 8. The van der Waals surface area contributed by atoms with Crippen molar-refractivity contribution in [2.75, 3.05) is 10.7 Å². The lowest BCUT2D eigenvalue weighted by atomic mass is 9.88. The van der Waals surface area contributed by atoms with Gasteiger partial charge in [-0.3, -0.25) is 25.7 Å². The number of nitrogens with zero attached hydrogens (tertiary/aromatic N) is 6. The zero-order chi connectivity index (χ0) is 29.4. The number of fused-ring (bicyclic) bond motifs is 1. The molecule has 0 bridgehead atoms. The van der Waals surface area contributed by atoms with E-state index in [0.29, 0.717) is 28.2 Å². The van der Waals surface area contributed by atoms with Crippen LogP contribution >= 0.6 is 23.2 Å². The zero-order valence-corrected chi connectivity index (χ0v) is 23.2. The first-order valence-corrected chi connectivity index (χ1v) is 12.5. The summed E-state index contributed by atoms with van der Waals surface area (Å²) in [5.74, 6) is -0.0422. The van der Waals surface area contributed by atoms with Crippen LogP contribution in [0.4, 0.5) is 27.3 Å². The Morgan fingerprint density at radius 3 is 2.48 bits per heavy atom. The minimum absolute atomic E-state index is 0.0519. The molecule has 40 heavy (non-hydrogen) atoms. The van der Waals surface area contributed by atoms with E-state index < -0.39 is 27.0 Å². The minimum atomic E-state index is -0.752. The Morgan fingerprint density at radius 2 is 1.85 bits per heavy atom. The Bertz CT molecular complexity index is 1670. The number of anilines is 2. The number of benzene rings is 2. The number of nitrogens with one attached hydrogen (secondary N) is 2. The van der Waals surface area contributed by atoms with Crippen molar-refractivity contribution in [3.8, 4) is 11.1 Å². The molecule has 1 atom stereocenters. The number of hydrogen-bond donors (Lipinski definition) is 2. The molecule has 15 heteroatoms. The molecule has 0 fully saturated rings. The molecule has 0 aliphatic carbocycles. The van der Waals surface area contributed by atoms with E-state index in [1.807, 2.05) is 6.92 Å². The van der Waals surface area contributed by atoms with Crippen molar-refractivity contribution in [1.29, 1.82) is 0 Å². The van der Waals surface area contributed by atoms with Gasteiger partial charge in [-0.15, -0.1) is 0 Å². The molecule has 0 saturated carbocycles. The zero-order valence-electron chi connectivity index (χ0n) is 21.6. The lowest BCUT2D eigenvalue weighted by Gasteiger charge is -2.30. The summed E-state index contributed by atoms with van der Waals surface area (Å²) in [4.78, 5) is 25.4. The average Bonchev–Trinajstić information content (AvgIpc) is 3.26. The third kappa shape index (κ3) is 5.80. The molecule has 2 aromatic heterocycles. The quantitative estimate of drug-likeness (QED) is 0.0969. The van der Waals surface area contributed by atoms with Gasteiger partial charge in [-0.2, -0.15) is 14.7 Å². The van der Waals surface area contributed by atoms with E-state index >= 15 is 0 Å². The van der Waals surface area contributed by atoms with Crippen molar-refractivity contribution in [1.82, 2.24) is 14.6 Å². The van der Waals surface area contributed by atoms with Crippen molar-refractivity contribution in [2.24, 2.45) is 10.5 Å². The van der Waals surface area contributed by atoms with Gasteiger partial charge >= 0.3 is 5.69 Å². The maximum absolute atomic E-state index is 13.8. The molecule has 4 rings (SSSR count). The van der Waals surface area contributed by atoms with Gasteiger partial charge in [-0.1, -0.05) is 44.0 Å². The lowest BCUT2D eigenvalue weighted by Crippen LogP contribution is -2.32. The highest BCUT2D eigenvalue weighted by Gasteiger charge is 2.26. The molecular weight excluding hydrogens is 566 g/mol. The van der Waals surface area contributed by atoms with E-state index in [9.17, 15) is 24.6 Å². The molecule has 208 valence electrons. The van der Waals surface area contributed by atoms with Crippen LogP contribution < -0.4 is 10.7 Å². The molecule has 2 N–H and O–H groups in total. The second-order valence-electron chi connectivity index (χ2n) is 9.90. The van der Waals surface area contributed by atoms with E-state index in [1.54, 1.807) is 0 Å².